The molecule has 19 heteroatoms. The van der Waals surface area contributed by atoms with Gasteiger partial charge in [-0.05, 0) is 135 Å². The van der Waals surface area contributed by atoms with Crippen molar-refractivity contribution in [3.05, 3.63) is 210 Å². The van der Waals surface area contributed by atoms with E-state index >= 15 is 0 Å². The van der Waals surface area contributed by atoms with Gasteiger partial charge in [0.2, 0.25) is 0 Å². The first-order valence-corrected chi connectivity index (χ1v) is 29.2. The maximum Gasteiger partial charge on any atom is 0.460 e. The molecule has 7 aromatic rings. The molecule has 6 nitrogen and oxygen atoms in total. The predicted molar refractivity (Wildman–Crippen MR) is 276 cm³/mol. The summed E-state index contributed by atoms with van der Waals surface area (Å²) in [5, 5.41) is -7.01. The molecule has 0 aromatic heterocycles. The summed E-state index contributed by atoms with van der Waals surface area (Å²) >= 11 is 0. The third kappa shape index (κ3) is 11.4. The van der Waals surface area contributed by atoms with Crippen LogP contribution < -0.4 is 0 Å². The monoisotopic (exact) mass is 1120 g/mol. The number of rotatable bonds is 17. The van der Waals surface area contributed by atoms with Crippen LogP contribution in [0.5, 0.6) is 0 Å². The van der Waals surface area contributed by atoms with E-state index in [0.717, 1.165) is 31.4 Å². The summed E-state index contributed by atoms with van der Waals surface area (Å²) in [5.74, 6) is -14.5. The summed E-state index contributed by atoms with van der Waals surface area (Å²) < 4.78 is 189. The van der Waals surface area contributed by atoms with Crippen molar-refractivity contribution in [2.45, 2.75) is 124 Å². The average Bonchev–Trinajstić information content (AvgIpc) is 3.38. The molecule has 0 aliphatic rings. The van der Waals surface area contributed by atoms with Crippen LogP contribution in [0.25, 0.3) is 0 Å². The van der Waals surface area contributed by atoms with Crippen molar-refractivity contribution in [2.24, 2.45) is 0 Å². The fraction of sp³-hybridized carbons (Fsp3) is 0.250. The van der Waals surface area contributed by atoms with Crippen LogP contribution in [-0.2, 0) is 27.5 Å². The van der Waals surface area contributed by atoms with Gasteiger partial charge in [-0.15, -0.1) is 0 Å². The van der Waals surface area contributed by atoms with Crippen LogP contribution in [0.15, 0.2) is 222 Å². The summed E-state index contributed by atoms with van der Waals surface area (Å²) in [6.07, 6.45) is -7.20. The molecule has 0 bridgehead atoms. The minimum absolute atomic E-state index is 0.00847. The molecule has 0 N–H and O–H groups in total. The normalized spacial score (nSPS) is 13.6. The van der Waals surface area contributed by atoms with E-state index in [1.54, 1.807) is 6.92 Å². The molecule has 7 rings (SSSR count). The second-order valence-corrected chi connectivity index (χ2v) is 27.1. The van der Waals surface area contributed by atoms with Crippen LogP contribution in [0.4, 0.5) is 39.5 Å². The van der Waals surface area contributed by atoms with Gasteiger partial charge < -0.3 is 0 Å². The molecule has 0 atom stereocenters. The summed E-state index contributed by atoms with van der Waals surface area (Å²) in [4.78, 5) is 2.38. The highest BCUT2D eigenvalue weighted by atomic mass is 32.3. The van der Waals surface area contributed by atoms with E-state index in [4.69, 9.17) is 7.26 Å². The molecule has 0 aliphatic heterocycles. The van der Waals surface area contributed by atoms with Gasteiger partial charge in [-0.1, -0.05) is 162 Å². The molecule has 0 saturated carbocycles. The zero-order valence-electron chi connectivity index (χ0n) is 41.6. The highest BCUT2D eigenvalue weighted by Gasteiger charge is 2.86. The zero-order chi connectivity index (χ0) is 55.4. The molecule has 75 heavy (non-hydrogen) atoms. The first-order valence-electron chi connectivity index (χ1n) is 23.3. The number of aryl methyl sites for hydroxylation is 1. The molecule has 0 amide bonds. The van der Waals surface area contributed by atoms with Gasteiger partial charge in [0.15, 0.2) is 0 Å². The minimum Gasteiger partial charge on any atom is -0.203 e. The highest BCUT2D eigenvalue weighted by Crippen LogP contribution is 2.72. The second kappa shape index (κ2) is 22.6. The van der Waals surface area contributed by atoms with Crippen molar-refractivity contribution >= 4 is 40.9 Å². The third-order valence-corrected chi connectivity index (χ3v) is 22.4. The van der Waals surface area contributed by atoms with Gasteiger partial charge in [-0.25, -0.2) is 7.26 Å². The average molecular weight is 1120 g/mol. The molecule has 0 heterocycles. The van der Waals surface area contributed by atoms with Crippen molar-refractivity contribution in [1.29, 1.82) is 0 Å². The Hall–Kier alpha value is -5.57. The van der Waals surface area contributed by atoms with Crippen molar-refractivity contribution in [1.82, 2.24) is 0 Å². The number of halogens is 9. The van der Waals surface area contributed by atoms with Crippen LogP contribution in [0, 0.1) is 6.92 Å². The largest absolute Gasteiger partial charge is 0.460 e. The standard InChI is InChI=1S/C33H38O3S2.C23H17F9O3S2/c1-24(2)27-22-31(25(3)4)33(32(23-27)26(5)6)38(34,35)36-37(28-16-10-7-11-17-28,29-18-12-8-13-19-29)30-20-14-9-15-21-30;1-16-12-14-19(15-13-16)36(17-8-4-2-5-9-17,18-10-6-3-7-11-18)35-37(33,34)23(31,32)21(26,27)20(24,25)22(28,29)30/h7-26H,1-6H3;2-15H,1H3. The van der Waals surface area contributed by atoms with Crippen LogP contribution in [-0.4, -0.2) is 40.1 Å². The number of benzene rings is 7. The Morgan fingerprint density at radius 3 is 0.960 bits per heavy atom. The van der Waals surface area contributed by atoms with Crippen molar-refractivity contribution in [3.8, 4) is 0 Å². The zero-order valence-corrected chi connectivity index (χ0v) is 44.9. The summed E-state index contributed by atoms with van der Waals surface area (Å²) in [5.41, 5.74) is 3.37. The van der Waals surface area contributed by atoms with Crippen LogP contribution in [0.3, 0.4) is 0 Å². The predicted octanol–water partition coefficient (Wildman–Crippen LogP) is 17.6. The molecule has 0 radical (unpaired) electrons. The minimum atomic E-state index is -7.43. The SMILES string of the molecule is CC(C)c1cc(C(C)C)c(S(=O)(=O)OS(c2ccccc2)(c2ccccc2)c2ccccc2)c(C(C)C)c1.Cc1ccc(S(OS(=O)(=O)C(F)(F)C(F)(F)C(F)(F)C(F)(F)F)(c2ccccc2)c2ccccc2)cc1. The Kier molecular flexibility index (Phi) is 17.7. The quantitative estimate of drug-likeness (QED) is 0.0845. The molecular weight excluding hydrogens is 1070 g/mol. The summed E-state index contributed by atoms with van der Waals surface area (Å²) in [6, 6.07) is 51.9. The molecule has 0 fully saturated rings. The molecule has 7 aromatic carbocycles. The lowest BCUT2D eigenvalue weighted by molar-refractivity contribution is -0.382. The summed E-state index contributed by atoms with van der Waals surface area (Å²) in [7, 11) is -18.0. The number of hydrogen-bond acceptors (Lipinski definition) is 6. The summed E-state index contributed by atoms with van der Waals surface area (Å²) in [6.45, 7) is 14.1. The van der Waals surface area contributed by atoms with E-state index < -0.39 is 64.1 Å². The second-order valence-electron chi connectivity index (χ2n) is 18.2. The molecular formula is C56H55F9O6S4. The lowest BCUT2D eigenvalue weighted by Gasteiger charge is -2.41. The first kappa shape index (κ1) is 58.7. The van der Waals surface area contributed by atoms with E-state index in [0.29, 0.717) is 10.5 Å². The molecule has 0 unspecified atom stereocenters. The van der Waals surface area contributed by atoms with Crippen LogP contribution >= 0.6 is 20.6 Å². The Morgan fingerprint density at radius 1 is 0.387 bits per heavy atom. The lowest BCUT2D eigenvalue weighted by atomic mass is 9.89. The van der Waals surface area contributed by atoms with Gasteiger partial charge in [-0.3, -0.25) is 0 Å². The van der Waals surface area contributed by atoms with Gasteiger partial charge in [0.05, 0.1) is 0 Å². The topological polar surface area (TPSA) is 86.7 Å². The third-order valence-electron chi connectivity index (χ3n) is 11.9. The fourth-order valence-electron chi connectivity index (χ4n) is 7.88. The van der Waals surface area contributed by atoms with E-state index in [-0.39, 0.29) is 32.4 Å². The van der Waals surface area contributed by atoms with Crippen LogP contribution in [0.1, 0.15) is 81.5 Å². The van der Waals surface area contributed by atoms with Gasteiger partial charge in [-0.2, -0.15) is 56.3 Å². The molecule has 0 saturated heterocycles. The van der Waals surface area contributed by atoms with Gasteiger partial charge in [0, 0.05) is 29.4 Å². The molecule has 402 valence electrons. The maximum absolute atomic E-state index is 14.7. The maximum atomic E-state index is 14.7. The van der Waals surface area contributed by atoms with E-state index in [1.807, 2.05) is 119 Å². The van der Waals surface area contributed by atoms with Crippen LogP contribution in [0.2, 0.25) is 0 Å². The van der Waals surface area contributed by atoms with Crippen molar-refractivity contribution in [2.75, 3.05) is 0 Å². The van der Waals surface area contributed by atoms with Crippen molar-refractivity contribution < 1.29 is 63.6 Å². The fourth-order valence-corrected chi connectivity index (χ4v) is 19.0. The van der Waals surface area contributed by atoms with Gasteiger partial charge in [0.25, 0.3) is 0 Å². The van der Waals surface area contributed by atoms with Crippen molar-refractivity contribution in [3.63, 3.8) is 0 Å². The lowest BCUT2D eigenvalue weighted by Crippen LogP contribution is -2.63. The highest BCUT2D eigenvalue weighted by molar-refractivity contribution is 8.33. The van der Waals surface area contributed by atoms with E-state index in [1.165, 1.54) is 84.9 Å². The Morgan fingerprint density at radius 2 is 0.680 bits per heavy atom. The van der Waals surface area contributed by atoms with E-state index in [2.05, 4.69) is 26.0 Å². The first-order chi connectivity index (χ1) is 35.0. The number of alkyl halides is 9. The van der Waals surface area contributed by atoms with Gasteiger partial charge >= 0.3 is 43.5 Å². The smallest absolute Gasteiger partial charge is 0.203 e. The Labute approximate surface area is 436 Å². The Balaban J connectivity index is 0.000000244. The van der Waals surface area contributed by atoms with E-state index in [9.17, 15) is 56.3 Å². The molecule has 0 spiro atoms. The van der Waals surface area contributed by atoms with Gasteiger partial charge in [0.1, 0.15) is 4.90 Å². The molecule has 0 aliphatic carbocycles. The Bertz CT molecular complexity index is 3070. The number of hydrogen-bond donors (Lipinski definition) is 0.